The van der Waals surface area contributed by atoms with Gasteiger partial charge in [0.05, 0.1) is 6.20 Å². The topological polar surface area (TPSA) is 24.9 Å². The van der Waals surface area contributed by atoms with Gasteiger partial charge in [-0.05, 0) is 32.0 Å². The van der Waals surface area contributed by atoms with Crippen LogP contribution in [-0.2, 0) is 6.42 Å². The van der Waals surface area contributed by atoms with Crippen LogP contribution < -0.4 is 5.32 Å². The summed E-state index contributed by atoms with van der Waals surface area (Å²) in [6.45, 7) is 0. The minimum Gasteiger partial charge on any atom is -0.314 e. The third kappa shape index (κ3) is 1.86. The van der Waals surface area contributed by atoms with Crippen LogP contribution >= 0.6 is 0 Å². The van der Waals surface area contributed by atoms with Gasteiger partial charge in [0.25, 0.3) is 0 Å². The second kappa shape index (κ2) is 3.07. The third-order valence-corrected chi connectivity index (χ3v) is 2.69. The Morgan fingerprint density at radius 3 is 2.77 bits per heavy atom. The highest BCUT2D eigenvalue weighted by atomic mass is 19.1. The molecule has 1 aromatic rings. The molecule has 0 spiro atoms. The SMILES string of the molecule is CNC1(Cc2ccc(F)cn2)CC1. The van der Waals surface area contributed by atoms with E-state index in [0.717, 1.165) is 12.1 Å². The van der Waals surface area contributed by atoms with Gasteiger partial charge in [-0.3, -0.25) is 4.98 Å². The maximum absolute atomic E-state index is 12.5. The molecule has 2 rings (SSSR count). The second-order valence-corrected chi connectivity index (χ2v) is 3.67. The number of halogens is 1. The maximum atomic E-state index is 12.5. The van der Waals surface area contributed by atoms with E-state index in [4.69, 9.17) is 0 Å². The Morgan fingerprint density at radius 1 is 1.54 bits per heavy atom. The molecular weight excluding hydrogens is 167 g/mol. The van der Waals surface area contributed by atoms with E-state index in [1.165, 1.54) is 25.1 Å². The summed E-state index contributed by atoms with van der Waals surface area (Å²) in [6, 6.07) is 3.22. The van der Waals surface area contributed by atoms with Crippen molar-refractivity contribution in [1.82, 2.24) is 10.3 Å². The molecule has 0 atom stereocenters. The van der Waals surface area contributed by atoms with Crippen LogP contribution in [0.15, 0.2) is 18.3 Å². The van der Waals surface area contributed by atoms with Crippen LogP contribution in [0, 0.1) is 5.82 Å². The van der Waals surface area contributed by atoms with Crippen LogP contribution in [0.3, 0.4) is 0 Å². The molecule has 0 unspecified atom stereocenters. The van der Waals surface area contributed by atoms with Gasteiger partial charge in [0, 0.05) is 17.7 Å². The fourth-order valence-electron chi connectivity index (χ4n) is 1.52. The minimum atomic E-state index is -0.266. The van der Waals surface area contributed by atoms with Crippen molar-refractivity contribution in [1.29, 1.82) is 0 Å². The van der Waals surface area contributed by atoms with E-state index < -0.39 is 0 Å². The first-order chi connectivity index (χ1) is 6.24. The molecule has 70 valence electrons. The van der Waals surface area contributed by atoms with E-state index in [0.29, 0.717) is 0 Å². The Morgan fingerprint density at radius 2 is 2.31 bits per heavy atom. The van der Waals surface area contributed by atoms with Crippen molar-refractivity contribution in [2.75, 3.05) is 7.05 Å². The lowest BCUT2D eigenvalue weighted by Gasteiger charge is -2.12. The van der Waals surface area contributed by atoms with Crippen LogP contribution in [0.4, 0.5) is 4.39 Å². The Labute approximate surface area is 77.2 Å². The summed E-state index contributed by atoms with van der Waals surface area (Å²) in [5, 5.41) is 3.28. The van der Waals surface area contributed by atoms with Crippen molar-refractivity contribution in [3.8, 4) is 0 Å². The lowest BCUT2D eigenvalue weighted by Crippen LogP contribution is -2.29. The van der Waals surface area contributed by atoms with Crippen LogP contribution in [0.25, 0.3) is 0 Å². The molecule has 2 nitrogen and oxygen atoms in total. The molecular formula is C10H13FN2. The molecule has 0 aliphatic heterocycles. The second-order valence-electron chi connectivity index (χ2n) is 3.67. The van der Waals surface area contributed by atoms with E-state index in [1.54, 1.807) is 6.07 Å². The van der Waals surface area contributed by atoms with E-state index in [1.807, 2.05) is 7.05 Å². The number of aromatic nitrogens is 1. The van der Waals surface area contributed by atoms with Crippen LogP contribution in [0.5, 0.6) is 0 Å². The van der Waals surface area contributed by atoms with E-state index in [9.17, 15) is 4.39 Å². The predicted octanol–water partition coefficient (Wildman–Crippen LogP) is 1.52. The summed E-state index contributed by atoms with van der Waals surface area (Å²) in [5.41, 5.74) is 1.22. The van der Waals surface area contributed by atoms with Gasteiger partial charge in [-0.1, -0.05) is 0 Å². The number of nitrogens with one attached hydrogen (secondary N) is 1. The first kappa shape index (κ1) is 8.63. The average molecular weight is 180 g/mol. The summed E-state index contributed by atoms with van der Waals surface area (Å²) in [4.78, 5) is 4.04. The number of nitrogens with zero attached hydrogens (tertiary/aromatic N) is 1. The molecule has 0 aromatic carbocycles. The molecule has 1 aromatic heterocycles. The van der Waals surface area contributed by atoms with Crippen molar-refractivity contribution in [3.63, 3.8) is 0 Å². The molecule has 3 heteroatoms. The highest BCUT2D eigenvalue weighted by Gasteiger charge is 2.41. The fraction of sp³-hybridized carbons (Fsp3) is 0.500. The van der Waals surface area contributed by atoms with Gasteiger partial charge in [-0.15, -0.1) is 0 Å². The number of likely N-dealkylation sites (N-methyl/N-ethyl adjacent to an activating group) is 1. The van der Waals surface area contributed by atoms with Crippen LogP contribution in [0.1, 0.15) is 18.5 Å². The molecule has 13 heavy (non-hydrogen) atoms. The molecule has 1 aliphatic rings. The highest BCUT2D eigenvalue weighted by molar-refractivity contribution is 5.14. The largest absolute Gasteiger partial charge is 0.314 e. The maximum Gasteiger partial charge on any atom is 0.141 e. The zero-order valence-electron chi connectivity index (χ0n) is 7.68. The van der Waals surface area contributed by atoms with Crippen molar-refractivity contribution in [2.24, 2.45) is 0 Å². The van der Waals surface area contributed by atoms with Gasteiger partial charge in [-0.2, -0.15) is 0 Å². The quantitative estimate of drug-likeness (QED) is 0.762. The zero-order chi connectivity index (χ0) is 9.31. The summed E-state index contributed by atoms with van der Waals surface area (Å²) in [6.07, 6.45) is 4.58. The molecule has 0 bridgehead atoms. The van der Waals surface area contributed by atoms with E-state index in [2.05, 4.69) is 10.3 Å². The van der Waals surface area contributed by atoms with Crippen molar-refractivity contribution < 1.29 is 4.39 Å². The monoisotopic (exact) mass is 180 g/mol. The van der Waals surface area contributed by atoms with Gasteiger partial charge >= 0.3 is 0 Å². The Kier molecular flexibility index (Phi) is 2.04. The molecule has 1 heterocycles. The molecule has 0 radical (unpaired) electrons. The van der Waals surface area contributed by atoms with Gasteiger partial charge < -0.3 is 5.32 Å². The third-order valence-electron chi connectivity index (χ3n) is 2.69. The molecule has 0 saturated heterocycles. The molecule has 0 amide bonds. The zero-order valence-corrected chi connectivity index (χ0v) is 7.68. The lowest BCUT2D eigenvalue weighted by atomic mass is 10.1. The summed E-state index contributed by atoms with van der Waals surface area (Å²) >= 11 is 0. The first-order valence-corrected chi connectivity index (χ1v) is 4.53. The Balaban J connectivity index is 2.06. The average Bonchev–Trinajstić information content (AvgIpc) is 2.90. The molecule has 1 N–H and O–H groups in total. The standard InChI is InChI=1S/C10H13FN2/c1-12-10(4-5-10)6-9-3-2-8(11)7-13-9/h2-3,7,12H,4-6H2,1H3. The number of hydrogen-bond donors (Lipinski definition) is 1. The van der Waals surface area contributed by atoms with E-state index in [-0.39, 0.29) is 11.4 Å². The first-order valence-electron chi connectivity index (χ1n) is 4.53. The normalized spacial score (nSPS) is 18.6. The summed E-state index contributed by atoms with van der Waals surface area (Å²) in [7, 11) is 1.97. The van der Waals surface area contributed by atoms with Gasteiger partial charge in [-0.25, -0.2) is 4.39 Å². The molecule has 1 fully saturated rings. The van der Waals surface area contributed by atoms with Crippen molar-refractivity contribution in [3.05, 3.63) is 29.8 Å². The van der Waals surface area contributed by atoms with Crippen LogP contribution in [-0.4, -0.2) is 17.6 Å². The van der Waals surface area contributed by atoms with Gasteiger partial charge in [0.1, 0.15) is 5.82 Å². The van der Waals surface area contributed by atoms with Gasteiger partial charge in [0.2, 0.25) is 0 Å². The highest BCUT2D eigenvalue weighted by Crippen LogP contribution is 2.37. The Hall–Kier alpha value is -0.960. The van der Waals surface area contributed by atoms with Gasteiger partial charge in [0.15, 0.2) is 0 Å². The summed E-state index contributed by atoms with van der Waals surface area (Å²) in [5.74, 6) is -0.266. The number of rotatable bonds is 3. The number of hydrogen-bond acceptors (Lipinski definition) is 2. The minimum absolute atomic E-state index is 0.255. The predicted molar refractivity (Wildman–Crippen MR) is 48.9 cm³/mol. The van der Waals surface area contributed by atoms with Crippen molar-refractivity contribution in [2.45, 2.75) is 24.8 Å². The Bertz CT molecular complexity index is 290. The molecule has 1 aliphatic carbocycles. The number of pyridine rings is 1. The van der Waals surface area contributed by atoms with E-state index >= 15 is 0 Å². The lowest BCUT2D eigenvalue weighted by molar-refractivity contribution is 0.539. The molecule has 1 saturated carbocycles. The fourth-order valence-corrected chi connectivity index (χ4v) is 1.52. The van der Waals surface area contributed by atoms with Crippen molar-refractivity contribution >= 4 is 0 Å². The smallest absolute Gasteiger partial charge is 0.141 e. The summed E-state index contributed by atoms with van der Waals surface area (Å²) < 4.78 is 12.5. The van der Waals surface area contributed by atoms with Crippen LogP contribution in [0.2, 0.25) is 0 Å².